The number of aromatic nitrogens is 4. The van der Waals surface area contributed by atoms with E-state index in [4.69, 9.17) is 5.11 Å². The van der Waals surface area contributed by atoms with Crippen LogP contribution in [0.4, 0.5) is 0 Å². The summed E-state index contributed by atoms with van der Waals surface area (Å²) in [6, 6.07) is 2.79. The fourth-order valence-corrected chi connectivity index (χ4v) is 1.44. The third-order valence-corrected chi connectivity index (χ3v) is 2.37. The lowest BCUT2D eigenvalue weighted by molar-refractivity contribution is 0.0694. The van der Waals surface area contributed by atoms with Crippen molar-refractivity contribution in [3.63, 3.8) is 0 Å². The van der Waals surface area contributed by atoms with Gasteiger partial charge in [-0.1, -0.05) is 0 Å². The summed E-state index contributed by atoms with van der Waals surface area (Å²) < 4.78 is 2.81. The van der Waals surface area contributed by atoms with Crippen LogP contribution in [0.5, 0.6) is 0 Å². The minimum absolute atomic E-state index is 0.191. The van der Waals surface area contributed by atoms with E-state index in [1.807, 2.05) is 0 Å². The fraction of sp³-hybridized carbons (Fsp3) is 0.200. The Labute approximate surface area is 96.0 Å². The Balaban J connectivity index is 2.41. The van der Waals surface area contributed by atoms with E-state index in [1.165, 1.54) is 33.9 Å². The summed E-state index contributed by atoms with van der Waals surface area (Å²) in [5, 5.41) is 12.7. The standard InChI is InChI=1S/C10H10N4O3/c1-13-8(11-6-12-13)5-14-4-2-3-7(9(14)15)10(16)17/h2-4,6H,5H2,1H3,(H,16,17). The van der Waals surface area contributed by atoms with Gasteiger partial charge in [-0.15, -0.1) is 0 Å². The van der Waals surface area contributed by atoms with Crippen LogP contribution in [-0.2, 0) is 13.6 Å². The summed E-state index contributed by atoms with van der Waals surface area (Å²) in [6.45, 7) is 0.191. The molecule has 0 unspecified atom stereocenters. The molecule has 0 aliphatic carbocycles. The molecule has 2 heterocycles. The van der Waals surface area contributed by atoms with Crippen molar-refractivity contribution in [1.29, 1.82) is 0 Å². The van der Waals surface area contributed by atoms with E-state index < -0.39 is 11.5 Å². The predicted molar refractivity (Wildman–Crippen MR) is 57.8 cm³/mol. The molecule has 0 saturated heterocycles. The van der Waals surface area contributed by atoms with Crippen molar-refractivity contribution in [2.45, 2.75) is 6.54 Å². The Morgan fingerprint density at radius 2 is 2.29 bits per heavy atom. The number of aryl methyl sites for hydroxylation is 1. The number of rotatable bonds is 3. The number of carboxylic acid groups (broad SMARTS) is 1. The molecule has 0 aliphatic heterocycles. The summed E-state index contributed by atoms with van der Waals surface area (Å²) >= 11 is 0. The average molecular weight is 234 g/mol. The van der Waals surface area contributed by atoms with Crippen molar-refractivity contribution in [2.24, 2.45) is 7.05 Å². The summed E-state index contributed by atoms with van der Waals surface area (Å²) in [6.07, 6.45) is 2.89. The molecule has 17 heavy (non-hydrogen) atoms. The average Bonchev–Trinajstić information content (AvgIpc) is 2.67. The van der Waals surface area contributed by atoms with Gasteiger partial charge in [0, 0.05) is 13.2 Å². The Kier molecular flexibility index (Phi) is 2.73. The minimum atomic E-state index is -1.23. The minimum Gasteiger partial charge on any atom is -0.477 e. The Morgan fingerprint density at radius 3 is 2.88 bits per heavy atom. The number of hydrogen-bond donors (Lipinski definition) is 1. The molecule has 2 rings (SSSR count). The third kappa shape index (κ3) is 2.07. The van der Waals surface area contributed by atoms with Crippen molar-refractivity contribution in [2.75, 3.05) is 0 Å². The van der Waals surface area contributed by atoms with Crippen LogP contribution in [0.15, 0.2) is 29.5 Å². The van der Waals surface area contributed by atoms with Gasteiger partial charge in [-0.3, -0.25) is 9.48 Å². The molecule has 0 spiro atoms. The van der Waals surface area contributed by atoms with Gasteiger partial charge in [0.15, 0.2) is 0 Å². The second kappa shape index (κ2) is 4.20. The van der Waals surface area contributed by atoms with Crippen LogP contribution in [0.1, 0.15) is 16.2 Å². The molecule has 88 valence electrons. The molecule has 1 N–H and O–H groups in total. The van der Waals surface area contributed by atoms with Gasteiger partial charge in [0.25, 0.3) is 5.56 Å². The molecule has 2 aromatic rings. The van der Waals surface area contributed by atoms with Gasteiger partial charge in [-0.25, -0.2) is 9.78 Å². The molecule has 0 saturated carbocycles. The first-order chi connectivity index (χ1) is 8.09. The van der Waals surface area contributed by atoms with Crippen LogP contribution < -0.4 is 5.56 Å². The lowest BCUT2D eigenvalue weighted by atomic mass is 10.3. The zero-order valence-corrected chi connectivity index (χ0v) is 9.07. The van der Waals surface area contributed by atoms with Crippen LogP contribution >= 0.6 is 0 Å². The number of carboxylic acids is 1. The zero-order valence-electron chi connectivity index (χ0n) is 9.07. The molecule has 0 bridgehead atoms. The molecule has 0 atom stereocenters. The molecular formula is C10H10N4O3. The highest BCUT2D eigenvalue weighted by Gasteiger charge is 2.11. The summed E-state index contributed by atoms with van der Waals surface area (Å²) in [5.74, 6) is -0.656. The highest BCUT2D eigenvalue weighted by molar-refractivity contribution is 5.86. The molecule has 0 amide bonds. The lowest BCUT2D eigenvalue weighted by Gasteiger charge is -2.05. The van der Waals surface area contributed by atoms with Gasteiger partial charge < -0.3 is 9.67 Å². The van der Waals surface area contributed by atoms with Crippen LogP contribution in [0.25, 0.3) is 0 Å². The second-order valence-electron chi connectivity index (χ2n) is 3.46. The van der Waals surface area contributed by atoms with Gasteiger partial charge in [0.1, 0.15) is 17.7 Å². The van der Waals surface area contributed by atoms with Crippen molar-refractivity contribution in [3.8, 4) is 0 Å². The van der Waals surface area contributed by atoms with E-state index in [0.29, 0.717) is 5.82 Å². The first-order valence-electron chi connectivity index (χ1n) is 4.85. The molecule has 0 aliphatic rings. The second-order valence-corrected chi connectivity index (χ2v) is 3.46. The van der Waals surface area contributed by atoms with Crippen LogP contribution in [0, 0.1) is 0 Å². The highest BCUT2D eigenvalue weighted by atomic mass is 16.4. The van der Waals surface area contributed by atoms with Crippen LogP contribution in [0.3, 0.4) is 0 Å². The highest BCUT2D eigenvalue weighted by Crippen LogP contribution is 1.97. The number of hydrogen-bond acceptors (Lipinski definition) is 4. The van der Waals surface area contributed by atoms with Crippen LogP contribution in [-0.4, -0.2) is 30.4 Å². The Hall–Kier alpha value is -2.44. The molecular weight excluding hydrogens is 224 g/mol. The quantitative estimate of drug-likeness (QED) is 0.789. The van der Waals surface area contributed by atoms with Gasteiger partial charge in [0.2, 0.25) is 0 Å². The maximum absolute atomic E-state index is 11.8. The molecule has 0 aromatic carbocycles. The van der Waals surface area contributed by atoms with E-state index in [9.17, 15) is 9.59 Å². The van der Waals surface area contributed by atoms with Crippen molar-refractivity contribution >= 4 is 5.97 Å². The van der Waals surface area contributed by atoms with Gasteiger partial charge in [-0.2, -0.15) is 5.10 Å². The molecule has 0 radical (unpaired) electrons. The van der Waals surface area contributed by atoms with Crippen molar-refractivity contribution < 1.29 is 9.90 Å². The first kappa shape index (κ1) is 11.1. The van der Waals surface area contributed by atoms with Crippen molar-refractivity contribution in [3.05, 3.63) is 46.4 Å². The van der Waals surface area contributed by atoms with E-state index in [0.717, 1.165) is 0 Å². The van der Waals surface area contributed by atoms with Gasteiger partial charge in [0.05, 0.1) is 6.54 Å². The molecule has 0 fully saturated rings. The predicted octanol–water partition coefficient (Wildman–Crippen LogP) is -0.277. The number of aromatic carboxylic acids is 1. The SMILES string of the molecule is Cn1ncnc1Cn1cccc(C(=O)O)c1=O. The van der Waals surface area contributed by atoms with Gasteiger partial charge >= 0.3 is 5.97 Å². The monoisotopic (exact) mass is 234 g/mol. The lowest BCUT2D eigenvalue weighted by Crippen LogP contribution is -2.26. The summed E-state index contributed by atoms with van der Waals surface area (Å²) in [7, 11) is 1.70. The zero-order chi connectivity index (χ0) is 12.4. The number of pyridine rings is 1. The van der Waals surface area contributed by atoms with E-state index >= 15 is 0 Å². The normalized spacial score (nSPS) is 10.4. The van der Waals surface area contributed by atoms with Crippen molar-refractivity contribution in [1.82, 2.24) is 19.3 Å². The van der Waals surface area contributed by atoms with E-state index in [-0.39, 0.29) is 12.1 Å². The van der Waals surface area contributed by atoms with E-state index in [1.54, 1.807) is 7.05 Å². The maximum Gasteiger partial charge on any atom is 0.341 e. The van der Waals surface area contributed by atoms with E-state index in [2.05, 4.69) is 10.1 Å². The first-order valence-corrected chi connectivity index (χ1v) is 4.85. The van der Waals surface area contributed by atoms with Gasteiger partial charge in [-0.05, 0) is 12.1 Å². The topological polar surface area (TPSA) is 90.0 Å². The molecule has 2 aromatic heterocycles. The Morgan fingerprint density at radius 1 is 1.53 bits per heavy atom. The smallest absolute Gasteiger partial charge is 0.341 e. The summed E-state index contributed by atoms with van der Waals surface area (Å²) in [4.78, 5) is 26.5. The largest absolute Gasteiger partial charge is 0.477 e. The number of nitrogens with zero attached hydrogens (tertiary/aromatic N) is 4. The fourth-order valence-electron chi connectivity index (χ4n) is 1.44. The third-order valence-electron chi connectivity index (χ3n) is 2.37. The van der Waals surface area contributed by atoms with Crippen LogP contribution in [0.2, 0.25) is 0 Å². The Bertz CT molecular complexity index is 614. The molecule has 7 heteroatoms. The number of carbonyl (C=O) groups is 1. The maximum atomic E-state index is 11.8. The molecule has 7 nitrogen and oxygen atoms in total. The summed E-state index contributed by atoms with van der Waals surface area (Å²) in [5.41, 5.74) is -0.808.